The first-order valence-electron chi connectivity index (χ1n) is 9.38. The van der Waals surface area contributed by atoms with E-state index < -0.39 is 27.6 Å². The number of hydrogen-bond acceptors (Lipinski definition) is 5. The molecule has 2 aromatic rings. The van der Waals surface area contributed by atoms with Gasteiger partial charge in [0.1, 0.15) is 10.6 Å². The van der Waals surface area contributed by atoms with Gasteiger partial charge in [-0.2, -0.15) is 5.26 Å². The van der Waals surface area contributed by atoms with E-state index in [0.717, 1.165) is 5.56 Å². The topological polar surface area (TPSA) is 124 Å². The molecule has 1 aliphatic heterocycles. The molecule has 9 heteroatoms. The van der Waals surface area contributed by atoms with Crippen LogP contribution in [0.15, 0.2) is 41.9 Å². The fourth-order valence-corrected chi connectivity index (χ4v) is 5.26. The lowest BCUT2D eigenvalue weighted by Gasteiger charge is -2.29. The molecule has 158 valence electrons. The maximum atomic E-state index is 13.0. The third kappa shape index (κ3) is 3.89. The van der Waals surface area contributed by atoms with Gasteiger partial charge in [-0.3, -0.25) is 4.79 Å². The summed E-state index contributed by atoms with van der Waals surface area (Å²) in [6.07, 6.45) is 3.26. The molecule has 0 fully saturated rings. The predicted molar refractivity (Wildman–Crippen MR) is 113 cm³/mol. The van der Waals surface area contributed by atoms with Crippen molar-refractivity contribution in [3.05, 3.63) is 59.4 Å². The van der Waals surface area contributed by atoms with Crippen LogP contribution in [-0.2, 0) is 23.5 Å². The van der Waals surface area contributed by atoms with E-state index in [1.54, 1.807) is 32.2 Å². The highest BCUT2D eigenvalue weighted by molar-refractivity contribution is 7.89. The molecular formula is C21H24N4O4S. The number of aryl methyl sites for hydroxylation is 2. The van der Waals surface area contributed by atoms with Crippen molar-refractivity contribution in [1.82, 2.24) is 9.29 Å². The number of benzene rings is 1. The first kappa shape index (κ1) is 21.8. The van der Waals surface area contributed by atoms with Gasteiger partial charge < -0.3 is 15.0 Å². The van der Waals surface area contributed by atoms with Crippen molar-refractivity contribution in [2.45, 2.75) is 43.2 Å². The quantitative estimate of drug-likeness (QED) is 0.643. The Balaban J connectivity index is 1.99. The maximum Gasteiger partial charge on any atom is 0.272 e. The number of hydrogen-bond donors (Lipinski definition) is 3. The molecule has 3 N–H and O–H groups in total. The van der Waals surface area contributed by atoms with Crippen molar-refractivity contribution < 1.29 is 18.3 Å². The molecule has 0 radical (unpaired) electrons. The molecule has 30 heavy (non-hydrogen) atoms. The smallest absolute Gasteiger partial charge is 0.272 e. The highest BCUT2D eigenvalue weighted by Crippen LogP contribution is 2.30. The Morgan fingerprint density at radius 2 is 2.20 bits per heavy atom. The lowest BCUT2D eigenvalue weighted by molar-refractivity contribution is 0.0731. The number of carbonyl (C=O) groups excluding carboxylic acids is 1. The second-order valence-corrected chi connectivity index (χ2v) is 9.35. The van der Waals surface area contributed by atoms with E-state index in [2.05, 4.69) is 22.7 Å². The number of nitrogens with one attached hydrogen (secondary N) is 2. The Kier molecular flexibility index (Phi) is 5.60. The van der Waals surface area contributed by atoms with Crippen LogP contribution in [0.4, 0.5) is 5.69 Å². The summed E-state index contributed by atoms with van der Waals surface area (Å²) in [5.74, 6) is -0.476. The van der Waals surface area contributed by atoms with Crippen molar-refractivity contribution in [3.8, 4) is 6.07 Å². The third-order valence-electron chi connectivity index (χ3n) is 5.47. The van der Waals surface area contributed by atoms with Crippen LogP contribution in [-0.4, -0.2) is 35.6 Å². The lowest BCUT2D eigenvalue weighted by Crippen LogP contribution is -2.49. The summed E-state index contributed by atoms with van der Waals surface area (Å²) in [4.78, 5) is 13.0. The van der Waals surface area contributed by atoms with Crippen LogP contribution < -0.4 is 10.0 Å². The average molecular weight is 429 g/mol. The first-order chi connectivity index (χ1) is 14.0. The zero-order valence-electron chi connectivity index (χ0n) is 17.1. The molecule has 1 aliphatic rings. The van der Waals surface area contributed by atoms with Crippen molar-refractivity contribution in [2.75, 3.05) is 5.32 Å². The van der Waals surface area contributed by atoms with Gasteiger partial charge in [-0.25, -0.2) is 13.1 Å². The summed E-state index contributed by atoms with van der Waals surface area (Å²) in [6, 6.07) is 6.29. The van der Waals surface area contributed by atoms with Crippen molar-refractivity contribution in [2.24, 2.45) is 7.05 Å². The van der Waals surface area contributed by atoms with E-state index in [9.17, 15) is 23.6 Å². The zero-order valence-corrected chi connectivity index (χ0v) is 17.9. The number of nitrogens with zero attached hydrogens (tertiary/aromatic N) is 2. The largest absolute Gasteiger partial charge is 0.384 e. The van der Waals surface area contributed by atoms with Gasteiger partial charge in [-0.05, 0) is 44.4 Å². The van der Waals surface area contributed by atoms with Crippen LogP contribution in [0.1, 0.15) is 40.5 Å². The van der Waals surface area contributed by atoms with E-state index in [1.165, 1.54) is 23.8 Å². The lowest BCUT2D eigenvalue weighted by atomic mass is 9.92. The monoisotopic (exact) mass is 428 g/mol. The predicted octanol–water partition coefficient (Wildman–Crippen LogP) is 1.99. The van der Waals surface area contributed by atoms with Gasteiger partial charge in [0.25, 0.3) is 5.91 Å². The summed E-state index contributed by atoms with van der Waals surface area (Å²) in [6.45, 7) is 6.86. The molecule has 8 nitrogen and oxygen atoms in total. The molecule has 2 unspecified atom stereocenters. The summed E-state index contributed by atoms with van der Waals surface area (Å²) in [7, 11) is -2.34. The fourth-order valence-electron chi connectivity index (χ4n) is 3.58. The van der Waals surface area contributed by atoms with Crippen LogP contribution in [0.25, 0.3) is 0 Å². The SMILES string of the molecule is C=CC(C)(O)C1CCc2c(cn(C)c2C(=O)Nc2ccc(C)c(C#N)c2)S(=O)(=O)N1. The minimum absolute atomic E-state index is 0.0131. The summed E-state index contributed by atoms with van der Waals surface area (Å²) < 4.78 is 29.8. The van der Waals surface area contributed by atoms with E-state index in [0.29, 0.717) is 23.2 Å². The Bertz CT molecular complexity index is 1170. The number of rotatable bonds is 4. The Morgan fingerprint density at radius 3 is 2.83 bits per heavy atom. The number of amides is 1. The van der Waals surface area contributed by atoms with Gasteiger partial charge in [0, 0.05) is 24.5 Å². The van der Waals surface area contributed by atoms with E-state index >= 15 is 0 Å². The Morgan fingerprint density at radius 1 is 1.50 bits per heavy atom. The zero-order chi connectivity index (χ0) is 22.3. The van der Waals surface area contributed by atoms with Crippen LogP contribution >= 0.6 is 0 Å². The molecule has 0 saturated carbocycles. The molecule has 2 heterocycles. The van der Waals surface area contributed by atoms with Gasteiger partial charge in [0.2, 0.25) is 10.0 Å². The standard InChI is InChI=1S/C21H24N4O4S/c1-5-21(3,27)18-9-8-16-17(30(28,29)24-18)12-25(4)19(16)20(26)23-15-7-6-13(2)14(10-15)11-22/h5-7,10,12,18,24,27H,1,8-9H2,2-4H3,(H,23,26). The van der Waals surface area contributed by atoms with Crippen LogP contribution in [0, 0.1) is 18.3 Å². The molecule has 3 rings (SSSR count). The molecule has 1 aromatic carbocycles. The molecule has 0 bridgehead atoms. The molecule has 1 aromatic heterocycles. The van der Waals surface area contributed by atoms with Gasteiger partial charge in [-0.1, -0.05) is 12.1 Å². The van der Waals surface area contributed by atoms with Gasteiger partial charge in [-0.15, -0.1) is 6.58 Å². The van der Waals surface area contributed by atoms with Crippen LogP contribution in [0.2, 0.25) is 0 Å². The highest BCUT2D eigenvalue weighted by atomic mass is 32.2. The number of aromatic nitrogens is 1. The Hall–Kier alpha value is -2.93. The number of nitriles is 1. The second-order valence-electron chi connectivity index (χ2n) is 7.67. The van der Waals surface area contributed by atoms with Crippen LogP contribution in [0.3, 0.4) is 0 Å². The number of carbonyl (C=O) groups is 1. The number of aliphatic hydroxyl groups is 1. The molecular weight excluding hydrogens is 404 g/mol. The molecule has 2 atom stereocenters. The van der Waals surface area contributed by atoms with Crippen LogP contribution in [0.5, 0.6) is 0 Å². The van der Waals surface area contributed by atoms with Gasteiger partial charge >= 0.3 is 0 Å². The van der Waals surface area contributed by atoms with E-state index in [4.69, 9.17) is 0 Å². The molecule has 1 amide bonds. The Labute approximate surface area is 175 Å². The van der Waals surface area contributed by atoms with Gasteiger partial charge in [0.15, 0.2) is 0 Å². The summed E-state index contributed by atoms with van der Waals surface area (Å²) >= 11 is 0. The average Bonchev–Trinajstić information content (AvgIpc) is 2.97. The molecule has 0 aliphatic carbocycles. The van der Waals surface area contributed by atoms with Gasteiger partial charge in [0.05, 0.1) is 23.3 Å². The maximum absolute atomic E-state index is 13.0. The number of anilines is 1. The first-order valence-corrected chi connectivity index (χ1v) is 10.9. The fraction of sp³-hybridized carbons (Fsp3) is 0.333. The third-order valence-corrected chi connectivity index (χ3v) is 6.99. The summed E-state index contributed by atoms with van der Waals surface area (Å²) in [5, 5.41) is 22.4. The summed E-state index contributed by atoms with van der Waals surface area (Å²) in [5.41, 5.74) is 0.849. The number of fused-ring (bicyclic) bond motifs is 1. The minimum atomic E-state index is -3.95. The minimum Gasteiger partial charge on any atom is -0.384 e. The van der Waals surface area contributed by atoms with Crippen molar-refractivity contribution in [1.29, 1.82) is 5.26 Å². The second kappa shape index (κ2) is 7.72. The van der Waals surface area contributed by atoms with E-state index in [1.807, 2.05) is 0 Å². The van der Waals surface area contributed by atoms with Crippen molar-refractivity contribution in [3.63, 3.8) is 0 Å². The molecule has 0 spiro atoms. The normalized spacial score (nSPS) is 19.6. The molecule has 0 saturated heterocycles. The van der Waals surface area contributed by atoms with E-state index in [-0.39, 0.29) is 17.0 Å². The van der Waals surface area contributed by atoms with Crippen molar-refractivity contribution >= 4 is 21.6 Å². The highest BCUT2D eigenvalue weighted by Gasteiger charge is 2.38. The number of sulfonamides is 1.